The van der Waals surface area contributed by atoms with Gasteiger partial charge < -0.3 is 0 Å². The third kappa shape index (κ3) is 4.06. The Morgan fingerprint density at radius 3 is 2.09 bits per heavy atom. The summed E-state index contributed by atoms with van der Waals surface area (Å²) in [5.41, 5.74) is 2.17. The molecule has 2 aromatic rings. The lowest BCUT2D eigenvalue weighted by atomic mass is 10.0. The maximum absolute atomic E-state index is 12.6. The van der Waals surface area contributed by atoms with Crippen LogP contribution in [0, 0.1) is 0 Å². The summed E-state index contributed by atoms with van der Waals surface area (Å²) in [6, 6.07) is 20.2. The highest BCUT2D eigenvalue weighted by Crippen LogP contribution is 2.13. The summed E-state index contributed by atoms with van der Waals surface area (Å²) >= 11 is 0. The van der Waals surface area contributed by atoms with Gasteiger partial charge >= 0.3 is 0 Å². The van der Waals surface area contributed by atoms with Gasteiger partial charge in [0.2, 0.25) is 0 Å². The van der Waals surface area contributed by atoms with Crippen LogP contribution in [-0.4, -0.2) is 47.8 Å². The molecule has 3 nitrogen and oxygen atoms in total. The molecule has 0 N–H and O–H groups in total. The minimum absolute atomic E-state index is 0.0451. The summed E-state index contributed by atoms with van der Waals surface area (Å²) in [6.45, 7) is 6.96. The van der Waals surface area contributed by atoms with Crippen LogP contribution < -0.4 is 0 Å². The van der Waals surface area contributed by atoms with Gasteiger partial charge in [-0.25, -0.2) is 0 Å². The highest BCUT2D eigenvalue weighted by Gasteiger charge is 2.26. The van der Waals surface area contributed by atoms with Gasteiger partial charge in [0.1, 0.15) is 0 Å². The second-order valence-corrected chi connectivity index (χ2v) is 6.20. The van der Waals surface area contributed by atoms with E-state index in [-0.39, 0.29) is 11.8 Å². The molecule has 1 heterocycles. The van der Waals surface area contributed by atoms with Gasteiger partial charge in [0.05, 0.1) is 6.04 Å². The molecule has 0 spiro atoms. The smallest absolute Gasteiger partial charge is 0.179 e. The molecule has 1 fully saturated rings. The Bertz CT molecular complexity index is 619. The Morgan fingerprint density at radius 1 is 0.913 bits per heavy atom. The van der Waals surface area contributed by atoms with E-state index >= 15 is 0 Å². The lowest BCUT2D eigenvalue weighted by molar-refractivity contribution is 0.0687. The van der Waals surface area contributed by atoms with Crippen LogP contribution in [0.25, 0.3) is 0 Å². The summed E-state index contributed by atoms with van der Waals surface area (Å²) in [5.74, 6) is 0.224. The Kier molecular flexibility index (Phi) is 5.21. The Hall–Kier alpha value is -1.97. The first-order chi connectivity index (χ1) is 11.2. The summed E-state index contributed by atoms with van der Waals surface area (Å²) in [4.78, 5) is 17.3. The van der Waals surface area contributed by atoms with Crippen molar-refractivity contribution in [1.29, 1.82) is 0 Å². The summed E-state index contributed by atoms with van der Waals surface area (Å²) in [6.07, 6.45) is 0. The summed E-state index contributed by atoms with van der Waals surface area (Å²) < 4.78 is 0. The van der Waals surface area contributed by atoms with E-state index in [0.29, 0.717) is 0 Å². The standard InChI is InChI=1S/C20H24N2O/c1-17(20(23)19-10-6-3-7-11-19)22-14-12-21(13-15-22)16-18-8-4-2-5-9-18/h2-11,17H,12-16H2,1H3. The van der Waals surface area contributed by atoms with E-state index in [4.69, 9.17) is 0 Å². The first kappa shape index (κ1) is 15.9. The van der Waals surface area contributed by atoms with Gasteiger partial charge in [0.15, 0.2) is 5.78 Å². The van der Waals surface area contributed by atoms with Crippen LogP contribution in [0.4, 0.5) is 0 Å². The fourth-order valence-electron chi connectivity index (χ4n) is 3.16. The minimum Gasteiger partial charge on any atom is -0.297 e. The predicted octanol–water partition coefficient (Wildman–Crippen LogP) is 3.08. The molecule has 1 aliphatic heterocycles. The number of ketones is 1. The van der Waals surface area contributed by atoms with E-state index in [9.17, 15) is 4.79 Å². The molecule has 23 heavy (non-hydrogen) atoms. The lowest BCUT2D eigenvalue weighted by Crippen LogP contribution is -2.51. The number of nitrogens with zero attached hydrogens (tertiary/aromatic N) is 2. The number of piperazine rings is 1. The van der Waals surface area contributed by atoms with Crippen molar-refractivity contribution in [2.45, 2.75) is 19.5 Å². The molecule has 1 atom stereocenters. The number of carbonyl (C=O) groups is 1. The van der Waals surface area contributed by atoms with E-state index in [1.165, 1.54) is 5.56 Å². The molecule has 3 heteroatoms. The normalized spacial score (nSPS) is 17.8. The highest BCUT2D eigenvalue weighted by atomic mass is 16.1. The van der Waals surface area contributed by atoms with Gasteiger partial charge in [-0.3, -0.25) is 14.6 Å². The molecule has 1 saturated heterocycles. The van der Waals surface area contributed by atoms with Crippen molar-refractivity contribution in [1.82, 2.24) is 9.80 Å². The van der Waals surface area contributed by atoms with E-state index in [1.807, 2.05) is 37.3 Å². The SMILES string of the molecule is CC(C(=O)c1ccccc1)N1CCN(Cc2ccccc2)CC1. The zero-order chi connectivity index (χ0) is 16.1. The van der Waals surface area contributed by atoms with E-state index in [2.05, 4.69) is 40.1 Å². The molecule has 0 radical (unpaired) electrons. The number of hydrogen-bond acceptors (Lipinski definition) is 3. The zero-order valence-electron chi connectivity index (χ0n) is 13.7. The molecule has 2 aromatic carbocycles. The second-order valence-electron chi connectivity index (χ2n) is 6.20. The van der Waals surface area contributed by atoms with Crippen molar-refractivity contribution in [3.05, 3.63) is 71.8 Å². The number of Topliss-reactive ketones (excluding diaryl/α,β-unsaturated/α-hetero) is 1. The van der Waals surface area contributed by atoms with Gasteiger partial charge in [0, 0.05) is 38.3 Å². The largest absolute Gasteiger partial charge is 0.297 e. The molecule has 3 rings (SSSR count). The first-order valence-corrected chi connectivity index (χ1v) is 8.33. The van der Waals surface area contributed by atoms with E-state index in [1.54, 1.807) is 0 Å². The van der Waals surface area contributed by atoms with Crippen LogP contribution in [0.15, 0.2) is 60.7 Å². The monoisotopic (exact) mass is 308 g/mol. The maximum Gasteiger partial charge on any atom is 0.179 e. The topological polar surface area (TPSA) is 23.6 Å². The molecular weight excluding hydrogens is 284 g/mol. The third-order valence-electron chi connectivity index (χ3n) is 4.64. The second kappa shape index (κ2) is 7.53. The average Bonchev–Trinajstić information content (AvgIpc) is 2.63. The molecule has 120 valence electrons. The average molecular weight is 308 g/mol. The van der Waals surface area contributed by atoms with Crippen molar-refractivity contribution in [2.75, 3.05) is 26.2 Å². The Labute approximate surface area is 138 Å². The van der Waals surface area contributed by atoms with Gasteiger partial charge in [-0.2, -0.15) is 0 Å². The minimum atomic E-state index is -0.0451. The quantitative estimate of drug-likeness (QED) is 0.793. The molecule has 0 bridgehead atoms. The van der Waals surface area contributed by atoms with Crippen molar-refractivity contribution >= 4 is 5.78 Å². The fraction of sp³-hybridized carbons (Fsp3) is 0.350. The van der Waals surface area contributed by atoms with Crippen LogP contribution >= 0.6 is 0 Å². The number of rotatable bonds is 5. The van der Waals surface area contributed by atoms with Crippen LogP contribution in [0.1, 0.15) is 22.8 Å². The first-order valence-electron chi connectivity index (χ1n) is 8.33. The van der Waals surface area contributed by atoms with Crippen LogP contribution in [0.5, 0.6) is 0 Å². The van der Waals surface area contributed by atoms with Crippen LogP contribution in [-0.2, 0) is 6.54 Å². The van der Waals surface area contributed by atoms with Gasteiger partial charge in [-0.05, 0) is 12.5 Å². The molecule has 1 unspecified atom stereocenters. The fourth-order valence-corrected chi connectivity index (χ4v) is 3.16. The molecule has 1 aliphatic rings. The third-order valence-corrected chi connectivity index (χ3v) is 4.64. The zero-order valence-corrected chi connectivity index (χ0v) is 13.7. The van der Waals surface area contributed by atoms with E-state index in [0.717, 1.165) is 38.3 Å². The number of benzene rings is 2. The number of hydrogen-bond donors (Lipinski definition) is 0. The lowest BCUT2D eigenvalue weighted by Gasteiger charge is -2.37. The molecule has 0 aliphatic carbocycles. The van der Waals surface area contributed by atoms with Gasteiger partial charge in [-0.1, -0.05) is 60.7 Å². The van der Waals surface area contributed by atoms with Crippen molar-refractivity contribution in [3.8, 4) is 0 Å². The van der Waals surface area contributed by atoms with Gasteiger partial charge in [0.25, 0.3) is 0 Å². The summed E-state index contributed by atoms with van der Waals surface area (Å²) in [5, 5.41) is 0. The summed E-state index contributed by atoms with van der Waals surface area (Å²) in [7, 11) is 0. The Morgan fingerprint density at radius 2 is 1.48 bits per heavy atom. The van der Waals surface area contributed by atoms with Crippen molar-refractivity contribution in [2.24, 2.45) is 0 Å². The molecule has 0 saturated carbocycles. The van der Waals surface area contributed by atoms with Crippen molar-refractivity contribution < 1.29 is 4.79 Å². The highest BCUT2D eigenvalue weighted by molar-refractivity contribution is 5.99. The van der Waals surface area contributed by atoms with Crippen molar-refractivity contribution in [3.63, 3.8) is 0 Å². The van der Waals surface area contributed by atoms with Crippen LogP contribution in [0.3, 0.4) is 0 Å². The predicted molar refractivity (Wildman–Crippen MR) is 93.5 cm³/mol. The maximum atomic E-state index is 12.6. The van der Waals surface area contributed by atoms with Crippen LogP contribution in [0.2, 0.25) is 0 Å². The Balaban J connectivity index is 1.53. The molecule has 0 aromatic heterocycles. The van der Waals surface area contributed by atoms with E-state index < -0.39 is 0 Å². The van der Waals surface area contributed by atoms with Gasteiger partial charge in [-0.15, -0.1) is 0 Å². The molecule has 0 amide bonds. The number of carbonyl (C=O) groups excluding carboxylic acids is 1. The molecular formula is C20H24N2O.